The topological polar surface area (TPSA) is 58.2 Å². The number of anilines is 1. The van der Waals surface area contributed by atoms with Crippen molar-refractivity contribution in [2.45, 2.75) is 26.2 Å². The predicted molar refractivity (Wildman–Crippen MR) is 78.8 cm³/mol. The second-order valence-corrected chi connectivity index (χ2v) is 6.87. The lowest BCUT2D eigenvalue weighted by atomic mass is 10.0. The van der Waals surface area contributed by atoms with Gasteiger partial charge in [0.05, 0.1) is 11.4 Å². The third-order valence-corrected chi connectivity index (χ3v) is 4.96. The molecule has 1 atom stereocenters. The number of para-hydroxylation sites is 1. The number of benzene rings is 1. The van der Waals surface area contributed by atoms with Gasteiger partial charge < -0.3 is 5.32 Å². The maximum Gasteiger partial charge on any atom is 0.233 e. The Bertz CT molecular complexity index is 508. The first-order valence-electron chi connectivity index (χ1n) is 6.90. The summed E-state index contributed by atoms with van der Waals surface area (Å²) in [7, 11) is -3.26. The van der Waals surface area contributed by atoms with Crippen LogP contribution in [-0.4, -0.2) is 27.3 Å². The first-order valence-corrected chi connectivity index (χ1v) is 8.55. The standard InChI is InChI=1S/C14H22N2O2S/c1-2-13-7-3-4-8-14(13)16-19(17,18)11-12-6-5-9-15-10-12/h3-4,7-8,12,15-16H,2,5-6,9-11H2,1H3. The van der Waals surface area contributed by atoms with Gasteiger partial charge in [0.25, 0.3) is 0 Å². The second-order valence-electron chi connectivity index (χ2n) is 5.11. The van der Waals surface area contributed by atoms with Gasteiger partial charge in [-0.05, 0) is 49.9 Å². The molecule has 19 heavy (non-hydrogen) atoms. The molecule has 1 heterocycles. The Morgan fingerprint density at radius 2 is 2.16 bits per heavy atom. The summed E-state index contributed by atoms with van der Waals surface area (Å²) in [6.45, 7) is 3.83. The highest BCUT2D eigenvalue weighted by atomic mass is 32.2. The molecule has 1 aliphatic heterocycles. The van der Waals surface area contributed by atoms with Crippen LogP contribution in [0.2, 0.25) is 0 Å². The van der Waals surface area contributed by atoms with E-state index in [1.54, 1.807) is 0 Å². The minimum Gasteiger partial charge on any atom is -0.316 e. The Balaban J connectivity index is 2.03. The fourth-order valence-electron chi connectivity index (χ4n) is 2.51. The zero-order valence-corrected chi connectivity index (χ0v) is 12.2. The van der Waals surface area contributed by atoms with Gasteiger partial charge in [-0.1, -0.05) is 25.1 Å². The van der Waals surface area contributed by atoms with Crippen LogP contribution in [0.25, 0.3) is 0 Å². The average Bonchev–Trinajstić information content (AvgIpc) is 2.39. The molecule has 0 radical (unpaired) electrons. The van der Waals surface area contributed by atoms with Crippen LogP contribution >= 0.6 is 0 Å². The number of hydrogen-bond acceptors (Lipinski definition) is 3. The summed E-state index contributed by atoms with van der Waals surface area (Å²) in [4.78, 5) is 0. The lowest BCUT2D eigenvalue weighted by Gasteiger charge is -2.23. The van der Waals surface area contributed by atoms with Crippen molar-refractivity contribution in [1.29, 1.82) is 0 Å². The largest absolute Gasteiger partial charge is 0.316 e. The van der Waals surface area contributed by atoms with E-state index in [1.807, 2.05) is 31.2 Å². The van der Waals surface area contributed by atoms with Gasteiger partial charge >= 0.3 is 0 Å². The SMILES string of the molecule is CCc1ccccc1NS(=O)(=O)CC1CCCNC1. The van der Waals surface area contributed by atoms with Crippen molar-refractivity contribution in [3.63, 3.8) is 0 Å². The van der Waals surface area contributed by atoms with Crippen molar-refractivity contribution < 1.29 is 8.42 Å². The summed E-state index contributed by atoms with van der Waals surface area (Å²) < 4.78 is 27.1. The van der Waals surface area contributed by atoms with Crippen LogP contribution in [0.5, 0.6) is 0 Å². The number of aryl methyl sites for hydroxylation is 1. The number of hydrogen-bond donors (Lipinski definition) is 2. The van der Waals surface area contributed by atoms with Gasteiger partial charge in [0.15, 0.2) is 0 Å². The number of piperidine rings is 1. The summed E-state index contributed by atoms with van der Waals surface area (Å²) in [5.41, 5.74) is 1.75. The molecule has 1 saturated heterocycles. The molecule has 0 saturated carbocycles. The Morgan fingerprint density at radius 1 is 1.37 bits per heavy atom. The minimum absolute atomic E-state index is 0.206. The van der Waals surface area contributed by atoms with E-state index in [9.17, 15) is 8.42 Å². The van der Waals surface area contributed by atoms with Gasteiger partial charge in [0, 0.05) is 0 Å². The maximum absolute atomic E-state index is 12.2. The quantitative estimate of drug-likeness (QED) is 0.868. The zero-order chi connectivity index (χ0) is 13.7. The van der Waals surface area contributed by atoms with Gasteiger partial charge in [-0.15, -0.1) is 0 Å². The third kappa shape index (κ3) is 4.21. The average molecular weight is 282 g/mol. The Morgan fingerprint density at radius 3 is 2.84 bits per heavy atom. The highest BCUT2D eigenvalue weighted by Gasteiger charge is 2.21. The molecule has 1 fully saturated rings. The highest BCUT2D eigenvalue weighted by molar-refractivity contribution is 7.92. The van der Waals surface area contributed by atoms with Gasteiger partial charge in [-0.2, -0.15) is 0 Å². The van der Waals surface area contributed by atoms with Crippen molar-refractivity contribution in [1.82, 2.24) is 5.32 Å². The molecule has 2 rings (SSSR count). The van der Waals surface area contributed by atoms with Gasteiger partial charge in [-0.3, -0.25) is 4.72 Å². The van der Waals surface area contributed by atoms with Crippen LogP contribution in [0.15, 0.2) is 24.3 Å². The van der Waals surface area contributed by atoms with Crippen molar-refractivity contribution in [3.8, 4) is 0 Å². The molecule has 0 amide bonds. The fourth-order valence-corrected chi connectivity index (χ4v) is 4.04. The summed E-state index contributed by atoms with van der Waals surface area (Å²) in [6.07, 6.45) is 2.87. The van der Waals surface area contributed by atoms with Gasteiger partial charge in [0.1, 0.15) is 0 Å². The number of sulfonamides is 1. The summed E-state index contributed by atoms with van der Waals surface area (Å²) in [6, 6.07) is 7.58. The number of rotatable bonds is 5. The monoisotopic (exact) mass is 282 g/mol. The van der Waals surface area contributed by atoms with E-state index in [4.69, 9.17) is 0 Å². The predicted octanol–water partition coefficient (Wildman–Crippen LogP) is 1.99. The first-order chi connectivity index (χ1) is 9.11. The molecular weight excluding hydrogens is 260 g/mol. The van der Waals surface area contributed by atoms with E-state index in [2.05, 4.69) is 10.0 Å². The summed E-state index contributed by atoms with van der Waals surface area (Å²) >= 11 is 0. The summed E-state index contributed by atoms with van der Waals surface area (Å²) in [5, 5.41) is 3.25. The van der Waals surface area contributed by atoms with Crippen molar-refractivity contribution in [2.75, 3.05) is 23.6 Å². The fraction of sp³-hybridized carbons (Fsp3) is 0.571. The third-order valence-electron chi connectivity index (χ3n) is 3.52. The van der Waals surface area contributed by atoms with Crippen LogP contribution in [0.4, 0.5) is 5.69 Å². The Labute approximate surface area is 115 Å². The van der Waals surface area contributed by atoms with Crippen molar-refractivity contribution >= 4 is 15.7 Å². The molecule has 0 aliphatic carbocycles. The van der Waals surface area contributed by atoms with E-state index in [1.165, 1.54) is 0 Å². The normalized spacial score (nSPS) is 20.2. The van der Waals surface area contributed by atoms with E-state index in [0.29, 0.717) is 5.69 Å². The zero-order valence-electron chi connectivity index (χ0n) is 11.4. The van der Waals surface area contributed by atoms with Crippen LogP contribution in [0, 0.1) is 5.92 Å². The van der Waals surface area contributed by atoms with Crippen molar-refractivity contribution in [2.24, 2.45) is 5.92 Å². The molecule has 2 N–H and O–H groups in total. The molecule has 1 aromatic carbocycles. The first kappa shape index (κ1) is 14.3. The Hall–Kier alpha value is -1.07. The van der Waals surface area contributed by atoms with E-state index in [-0.39, 0.29) is 11.7 Å². The van der Waals surface area contributed by atoms with Gasteiger partial charge in [0.2, 0.25) is 10.0 Å². The maximum atomic E-state index is 12.2. The van der Waals surface area contributed by atoms with Crippen molar-refractivity contribution in [3.05, 3.63) is 29.8 Å². The van der Waals surface area contributed by atoms with Gasteiger partial charge in [-0.25, -0.2) is 8.42 Å². The molecular formula is C14H22N2O2S. The molecule has 1 aromatic rings. The Kier molecular flexibility index (Phi) is 4.82. The molecule has 0 spiro atoms. The highest BCUT2D eigenvalue weighted by Crippen LogP contribution is 2.19. The lowest BCUT2D eigenvalue weighted by molar-refractivity contribution is 0.404. The second kappa shape index (κ2) is 6.39. The molecule has 5 heteroatoms. The van der Waals surface area contributed by atoms with Crippen LogP contribution in [0.3, 0.4) is 0 Å². The van der Waals surface area contributed by atoms with Crippen LogP contribution in [-0.2, 0) is 16.4 Å². The van der Waals surface area contributed by atoms with Crippen LogP contribution in [0.1, 0.15) is 25.3 Å². The van der Waals surface area contributed by atoms with E-state index in [0.717, 1.165) is 37.9 Å². The smallest absolute Gasteiger partial charge is 0.233 e. The minimum atomic E-state index is -3.26. The molecule has 106 valence electrons. The molecule has 4 nitrogen and oxygen atoms in total. The molecule has 1 aliphatic rings. The molecule has 1 unspecified atom stereocenters. The summed E-state index contributed by atoms with van der Waals surface area (Å²) in [5.74, 6) is 0.429. The van der Waals surface area contributed by atoms with E-state index < -0.39 is 10.0 Å². The molecule has 0 aromatic heterocycles. The van der Waals surface area contributed by atoms with Crippen LogP contribution < -0.4 is 10.0 Å². The number of nitrogens with one attached hydrogen (secondary N) is 2. The molecule has 0 bridgehead atoms. The lowest BCUT2D eigenvalue weighted by Crippen LogP contribution is -2.35. The van der Waals surface area contributed by atoms with E-state index >= 15 is 0 Å².